The summed E-state index contributed by atoms with van der Waals surface area (Å²) in [5, 5.41) is 15.2. The minimum absolute atomic E-state index is 0.462. The first-order chi connectivity index (χ1) is 13.0. The maximum atomic E-state index is 4.87. The van der Waals surface area contributed by atoms with E-state index in [2.05, 4.69) is 52.6 Å². The molecule has 4 rings (SSSR count). The number of nitrogens with zero attached hydrogens (tertiary/aromatic N) is 4. The van der Waals surface area contributed by atoms with Gasteiger partial charge in [-0.05, 0) is 38.0 Å². The van der Waals surface area contributed by atoms with Gasteiger partial charge in [0.05, 0.1) is 11.7 Å². The molecule has 1 aliphatic rings. The molecule has 1 saturated heterocycles. The van der Waals surface area contributed by atoms with E-state index in [0.29, 0.717) is 12.0 Å². The van der Waals surface area contributed by atoms with Crippen molar-refractivity contribution < 1.29 is 0 Å². The van der Waals surface area contributed by atoms with E-state index in [0.717, 1.165) is 59.2 Å². The van der Waals surface area contributed by atoms with Crippen LogP contribution in [-0.2, 0) is 0 Å². The molecule has 0 saturated carbocycles. The Balaban J connectivity index is 1.62. The third-order valence-electron chi connectivity index (χ3n) is 5.37. The van der Waals surface area contributed by atoms with Gasteiger partial charge in [-0.25, -0.2) is 4.98 Å². The number of aryl methyl sites for hydroxylation is 1. The van der Waals surface area contributed by atoms with Gasteiger partial charge in [-0.3, -0.25) is 5.10 Å². The van der Waals surface area contributed by atoms with Crippen LogP contribution < -0.4 is 15.5 Å². The summed E-state index contributed by atoms with van der Waals surface area (Å²) in [6.45, 7) is 11.4. The second kappa shape index (κ2) is 7.15. The predicted molar refractivity (Wildman–Crippen MR) is 110 cm³/mol. The summed E-state index contributed by atoms with van der Waals surface area (Å²) in [4.78, 5) is 11.9. The lowest BCUT2D eigenvalue weighted by Gasteiger charge is -2.36. The highest BCUT2D eigenvalue weighted by Gasteiger charge is 2.24. The number of hydrogen-bond donors (Lipinski definition) is 3. The maximum absolute atomic E-state index is 4.87. The molecule has 7 nitrogen and oxygen atoms in total. The topological polar surface area (TPSA) is 81.8 Å². The van der Waals surface area contributed by atoms with Crippen molar-refractivity contribution in [2.75, 3.05) is 29.9 Å². The number of aromatic nitrogens is 4. The van der Waals surface area contributed by atoms with Crippen molar-refractivity contribution in [2.45, 2.75) is 33.7 Å². The monoisotopic (exact) mass is 365 g/mol. The Kier molecular flexibility index (Phi) is 4.70. The van der Waals surface area contributed by atoms with E-state index in [4.69, 9.17) is 9.97 Å². The average Bonchev–Trinajstić information content (AvgIpc) is 3.13. The molecular weight excluding hydrogens is 338 g/mol. The Morgan fingerprint density at radius 3 is 2.89 bits per heavy atom. The molecule has 1 aliphatic heterocycles. The number of aromatic amines is 1. The molecule has 1 aromatic carbocycles. The first-order valence-corrected chi connectivity index (χ1v) is 9.55. The second-order valence-electron chi connectivity index (χ2n) is 7.63. The maximum Gasteiger partial charge on any atom is 0.227 e. The van der Waals surface area contributed by atoms with Gasteiger partial charge >= 0.3 is 0 Å². The van der Waals surface area contributed by atoms with Crippen LogP contribution >= 0.6 is 0 Å². The van der Waals surface area contributed by atoms with Gasteiger partial charge in [-0.2, -0.15) is 10.1 Å². The van der Waals surface area contributed by atoms with E-state index in [9.17, 15) is 0 Å². The van der Waals surface area contributed by atoms with Crippen molar-refractivity contribution in [3.63, 3.8) is 0 Å². The highest BCUT2D eigenvalue weighted by molar-refractivity contribution is 5.82. The minimum Gasteiger partial charge on any atom is -0.340 e. The Morgan fingerprint density at radius 2 is 2.07 bits per heavy atom. The zero-order valence-corrected chi connectivity index (χ0v) is 16.4. The lowest BCUT2D eigenvalue weighted by Crippen LogP contribution is -2.53. The van der Waals surface area contributed by atoms with E-state index in [1.54, 1.807) is 0 Å². The molecule has 1 fully saturated rings. The summed E-state index contributed by atoms with van der Waals surface area (Å²) in [6, 6.07) is 6.60. The molecule has 0 spiro atoms. The van der Waals surface area contributed by atoms with Crippen molar-refractivity contribution in [2.24, 2.45) is 5.92 Å². The number of H-pyrrole nitrogens is 1. The SMILES string of the molecule is Cc1nc(N2CCNC(C(C)C)C2)nc(Nc2ccc3[nH]ncc3c2)c1C. The summed E-state index contributed by atoms with van der Waals surface area (Å²) in [5.74, 6) is 2.25. The fourth-order valence-electron chi connectivity index (χ4n) is 3.44. The Labute approximate surface area is 159 Å². The normalized spacial score (nSPS) is 17.7. The molecule has 0 radical (unpaired) electrons. The summed E-state index contributed by atoms with van der Waals surface area (Å²) in [7, 11) is 0. The van der Waals surface area contributed by atoms with Crippen LogP contribution in [0.5, 0.6) is 0 Å². The van der Waals surface area contributed by atoms with Gasteiger partial charge < -0.3 is 15.5 Å². The van der Waals surface area contributed by atoms with Gasteiger partial charge in [0.15, 0.2) is 0 Å². The number of piperazine rings is 1. The molecule has 0 aliphatic carbocycles. The minimum atomic E-state index is 0.462. The van der Waals surface area contributed by atoms with Crippen LogP contribution in [0.2, 0.25) is 0 Å². The fraction of sp³-hybridized carbons (Fsp3) is 0.450. The average molecular weight is 365 g/mol. The summed E-state index contributed by atoms with van der Waals surface area (Å²) in [6.07, 6.45) is 1.83. The lowest BCUT2D eigenvalue weighted by molar-refractivity contribution is 0.366. The van der Waals surface area contributed by atoms with Gasteiger partial charge in [0.1, 0.15) is 5.82 Å². The highest BCUT2D eigenvalue weighted by Crippen LogP contribution is 2.26. The Morgan fingerprint density at radius 1 is 1.22 bits per heavy atom. The molecule has 1 unspecified atom stereocenters. The summed E-state index contributed by atoms with van der Waals surface area (Å²) >= 11 is 0. The van der Waals surface area contributed by atoms with Crippen LogP contribution in [0.25, 0.3) is 10.9 Å². The largest absolute Gasteiger partial charge is 0.340 e. The van der Waals surface area contributed by atoms with E-state index < -0.39 is 0 Å². The van der Waals surface area contributed by atoms with E-state index in [1.165, 1.54) is 0 Å². The molecular formula is C20H27N7. The van der Waals surface area contributed by atoms with E-state index in [1.807, 2.05) is 25.3 Å². The van der Waals surface area contributed by atoms with Gasteiger partial charge in [0.25, 0.3) is 0 Å². The number of fused-ring (bicyclic) bond motifs is 1. The molecule has 142 valence electrons. The summed E-state index contributed by atoms with van der Waals surface area (Å²) in [5.41, 5.74) is 4.10. The lowest BCUT2D eigenvalue weighted by atomic mass is 10.0. The number of nitrogens with one attached hydrogen (secondary N) is 3. The molecule has 3 N–H and O–H groups in total. The molecule has 2 aromatic heterocycles. The van der Waals surface area contributed by atoms with Gasteiger partial charge in [0, 0.05) is 48.0 Å². The van der Waals surface area contributed by atoms with E-state index >= 15 is 0 Å². The number of rotatable bonds is 4. The quantitative estimate of drug-likeness (QED) is 0.659. The van der Waals surface area contributed by atoms with Crippen molar-refractivity contribution in [3.8, 4) is 0 Å². The van der Waals surface area contributed by atoms with Crippen LogP contribution in [0.4, 0.5) is 17.5 Å². The second-order valence-corrected chi connectivity index (χ2v) is 7.63. The van der Waals surface area contributed by atoms with Crippen LogP contribution in [-0.4, -0.2) is 45.8 Å². The van der Waals surface area contributed by atoms with Crippen LogP contribution in [0.3, 0.4) is 0 Å². The van der Waals surface area contributed by atoms with Gasteiger partial charge in [-0.1, -0.05) is 13.8 Å². The first-order valence-electron chi connectivity index (χ1n) is 9.55. The van der Waals surface area contributed by atoms with Crippen molar-refractivity contribution in [1.29, 1.82) is 0 Å². The molecule has 3 aromatic rings. The number of hydrogen-bond acceptors (Lipinski definition) is 6. The number of benzene rings is 1. The number of anilines is 3. The molecule has 27 heavy (non-hydrogen) atoms. The van der Waals surface area contributed by atoms with E-state index in [-0.39, 0.29) is 0 Å². The molecule has 0 bridgehead atoms. The van der Waals surface area contributed by atoms with Gasteiger partial charge in [0.2, 0.25) is 5.95 Å². The Hall–Kier alpha value is -2.67. The standard InChI is InChI=1S/C20H27N7/c1-12(2)18-11-27(8-7-21-18)20-23-14(4)13(3)19(25-20)24-16-5-6-17-15(9-16)10-22-26-17/h5-6,9-10,12,18,21H,7-8,11H2,1-4H3,(H,22,26)(H,23,24,25). The zero-order valence-electron chi connectivity index (χ0n) is 16.4. The first kappa shape index (κ1) is 17.7. The van der Waals surface area contributed by atoms with Crippen molar-refractivity contribution in [3.05, 3.63) is 35.7 Å². The smallest absolute Gasteiger partial charge is 0.227 e. The summed E-state index contributed by atoms with van der Waals surface area (Å²) < 4.78 is 0. The molecule has 1 atom stereocenters. The van der Waals surface area contributed by atoms with Crippen LogP contribution in [0, 0.1) is 19.8 Å². The molecule has 0 amide bonds. The predicted octanol–water partition coefficient (Wildman–Crippen LogP) is 3.15. The van der Waals surface area contributed by atoms with Crippen molar-refractivity contribution >= 4 is 28.4 Å². The highest BCUT2D eigenvalue weighted by atomic mass is 15.3. The third-order valence-corrected chi connectivity index (χ3v) is 5.37. The van der Waals surface area contributed by atoms with Crippen LogP contribution in [0.15, 0.2) is 24.4 Å². The zero-order chi connectivity index (χ0) is 19.0. The van der Waals surface area contributed by atoms with Crippen LogP contribution in [0.1, 0.15) is 25.1 Å². The Bertz CT molecular complexity index is 947. The molecule has 7 heteroatoms. The fourth-order valence-corrected chi connectivity index (χ4v) is 3.44. The van der Waals surface area contributed by atoms with Gasteiger partial charge in [-0.15, -0.1) is 0 Å². The third kappa shape index (κ3) is 3.60. The molecule has 3 heterocycles. The van der Waals surface area contributed by atoms with Crippen molar-refractivity contribution in [1.82, 2.24) is 25.5 Å².